The second-order valence-corrected chi connectivity index (χ2v) is 2.40. The van der Waals surface area contributed by atoms with Crippen LogP contribution in [0.4, 0.5) is 0 Å². The van der Waals surface area contributed by atoms with Crippen molar-refractivity contribution in [1.29, 1.82) is 0 Å². The van der Waals surface area contributed by atoms with E-state index in [1.165, 1.54) is 12.5 Å². The van der Waals surface area contributed by atoms with Gasteiger partial charge in [0.1, 0.15) is 12.5 Å². The molecule has 0 aliphatic heterocycles. The number of rotatable bonds is 2. The van der Waals surface area contributed by atoms with Gasteiger partial charge in [-0.25, -0.2) is 9.67 Å². The van der Waals surface area contributed by atoms with Crippen LogP contribution in [0.1, 0.15) is 25.7 Å². The highest BCUT2D eigenvalue weighted by molar-refractivity contribution is 5.73. The Morgan fingerprint density at radius 2 is 2.45 bits per heavy atom. The van der Waals surface area contributed by atoms with Crippen molar-refractivity contribution in [2.24, 2.45) is 5.16 Å². The van der Waals surface area contributed by atoms with Crippen LogP contribution in [-0.2, 0) is 0 Å². The Morgan fingerprint density at radius 3 is 3.00 bits per heavy atom. The summed E-state index contributed by atoms with van der Waals surface area (Å²) in [4.78, 5) is 3.87. The van der Waals surface area contributed by atoms with Crippen LogP contribution in [0.5, 0.6) is 0 Å². The maximum atomic E-state index is 8.23. The topological polar surface area (TPSA) is 63.3 Å². The third kappa shape index (κ3) is 1.54. The maximum Gasteiger partial charge on any atom is 0.172 e. The van der Waals surface area contributed by atoms with Crippen molar-refractivity contribution < 1.29 is 5.21 Å². The number of hydrogen-bond acceptors (Lipinski definition) is 4. The van der Waals surface area contributed by atoms with Gasteiger partial charge in [-0.2, -0.15) is 5.10 Å². The molecule has 60 valence electrons. The lowest BCUT2D eigenvalue weighted by molar-refractivity contribution is 0.321. The van der Waals surface area contributed by atoms with Crippen LogP contribution in [-0.4, -0.2) is 26.2 Å². The number of oxime groups is 1. The zero-order valence-electron chi connectivity index (χ0n) is 6.47. The third-order valence-corrected chi connectivity index (χ3v) is 1.26. The van der Waals surface area contributed by atoms with Gasteiger partial charge in [0.05, 0.1) is 0 Å². The second kappa shape index (κ2) is 3.14. The average molecular weight is 154 g/mol. The fourth-order valence-corrected chi connectivity index (χ4v) is 0.801. The Bertz CT molecular complexity index is 253. The van der Waals surface area contributed by atoms with Crippen molar-refractivity contribution in [2.75, 3.05) is 0 Å². The summed E-state index contributed by atoms with van der Waals surface area (Å²) in [5.74, 6) is 0.558. The summed E-state index contributed by atoms with van der Waals surface area (Å²) in [5.41, 5.74) is 0. The normalized spacial score (nSPS) is 11.5. The summed E-state index contributed by atoms with van der Waals surface area (Å²) in [6.45, 7) is 3.95. The number of aromatic nitrogens is 3. The van der Waals surface area contributed by atoms with Gasteiger partial charge in [0.25, 0.3) is 0 Å². The molecule has 0 fully saturated rings. The summed E-state index contributed by atoms with van der Waals surface area (Å²) < 4.78 is 1.67. The van der Waals surface area contributed by atoms with Gasteiger partial charge >= 0.3 is 0 Å². The number of nitrogens with zero attached hydrogens (tertiary/aromatic N) is 4. The first-order valence-corrected chi connectivity index (χ1v) is 3.32. The molecule has 0 unspecified atom stereocenters. The molecule has 1 aromatic rings. The van der Waals surface area contributed by atoms with Crippen molar-refractivity contribution >= 4 is 6.21 Å². The zero-order chi connectivity index (χ0) is 8.27. The molecule has 0 aliphatic carbocycles. The van der Waals surface area contributed by atoms with Crippen LogP contribution in [0, 0.1) is 0 Å². The monoisotopic (exact) mass is 154 g/mol. The van der Waals surface area contributed by atoms with Gasteiger partial charge < -0.3 is 5.21 Å². The van der Waals surface area contributed by atoms with E-state index in [9.17, 15) is 0 Å². The van der Waals surface area contributed by atoms with Crippen LogP contribution >= 0.6 is 0 Å². The fraction of sp³-hybridized carbons (Fsp3) is 0.500. The lowest BCUT2D eigenvalue weighted by Gasteiger charge is -2.04. The van der Waals surface area contributed by atoms with Gasteiger partial charge in [-0.1, -0.05) is 5.16 Å². The Kier molecular flexibility index (Phi) is 2.20. The Morgan fingerprint density at radius 1 is 1.73 bits per heavy atom. The van der Waals surface area contributed by atoms with E-state index in [0.29, 0.717) is 5.82 Å². The summed E-state index contributed by atoms with van der Waals surface area (Å²) in [6, 6.07) is 0.227. The second-order valence-electron chi connectivity index (χ2n) is 2.40. The zero-order valence-corrected chi connectivity index (χ0v) is 6.47. The Hall–Kier alpha value is -1.39. The predicted octanol–water partition coefficient (Wildman–Crippen LogP) is 0.667. The average Bonchev–Trinajstić information content (AvgIpc) is 2.36. The first kappa shape index (κ1) is 7.71. The fourth-order valence-electron chi connectivity index (χ4n) is 0.801. The van der Waals surface area contributed by atoms with Gasteiger partial charge in [0.15, 0.2) is 5.82 Å². The molecule has 0 spiro atoms. The van der Waals surface area contributed by atoms with E-state index >= 15 is 0 Å². The van der Waals surface area contributed by atoms with Gasteiger partial charge in [0.2, 0.25) is 0 Å². The quantitative estimate of drug-likeness (QED) is 0.387. The highest BCUT2D eigenvalue weighted by Gasteiger charge is 2.03. The molecule has 11 heavy (non-hydrogen) atoms. The van der Waals surface area contributed by atoms with Gasteiger partial charge in [-0.05, 0) is 13.8 Å². The smallest absolute Gasteiger partial charge is 0.172 e. The highest BCUT2D eigenvalue weighted by atomic mass is 16.4. The maximum absolute atomic E-state index is 8.23. The third-order valence-electron chi connectivity index (χ3n) is 1.26. The Balaban J connectivity index is 2.96. The lowest BCUT2D eigenvalue weighted by Crippen LogP contribution is -2.07. The number of hydrogen-bond donors (Lipinski definition) is 1. The van der Waals surface area contributed by atoms with E-state index in [2.05, 4.69) is 15.2 Å². The van der Waals surface area contributed by atoms with Crippen LogP contribution < -0.4 is 0 Å². The summed E-state index contributed by atoms with van der Waals surface area (Å²) >= 11 is 0. The molecule has 0 saturated carbocycles. The van der Waals surface area contributed by atoms with E-state index in [0.717, 1.165) is 0 Å². The van der Waals surface area contributed by atoms with E-state index in [1.807, 2.05) is 13.8 Å². The molecule has 1 aromatic heterocycles. The van der Waals surface area contributed by atoms with Crippen LogP contribution in [0.15, 0.2) is 11.5 Å². The minimum absolute atomic E-state index is 0.227. The van der Waals surface area contributed by atoms with Crippen molar-refractivity contribution in [3.8, 4) is 0 Å². The summed E-state index contributed by atoms with van der Waals surface area (Å²) in [5, 5.41) is 15.0. The molecule has 0 aromatic carbocycles. The largest absolute Gasteiger partial charge is 0.411 e. The van der Waals surface area contributed by atoms with Crippen LogP contribution in [0.25, 0.3) is 0 Å². The Labute approximate surface area is 64.4 Å². The highest BCUT2D eigenvalue weighted by Crippen LogP contribution is 2.02. The van der Waals surface area contributed by atoms with E-state index < -0.39 is 0 Å². The van der Waals surface area contributed by atoms with Crippen molar-refractivity contribution in [3.63, 3.8) is 0 Å². The van der Waals surface area contributed by atoms with Crippen LogP contribution in [0.2, 0.25) is 0 Å². The molecule has 1 rings (SSSR count). The van der Waals surface area contributed by atoms with Gasteiger partial charge in [-0.3, -0.25) is 0 Å². The molecule has 1 N–H and O–H groups in total. The van der Waals surface area contributed by atoms with Crippen LogP contribution in [0.3, 0.4) is 0 Å². The summed E-state index contributed by atoms with van der Waals surface area (Å²) in [7, 11) is 0. The van der Waals surface area contributed by atoms with Gasteiger partial charge in [-0.15, -0.1) is 0 Å². The standard InChI is InChI=1S/C6H10N4O/c1-5(2)10-6(3-9-11)7-4-8-10/h3-5,11H,1-2H3/b9-3+. The molecule has 0 atom stereocenters. The molecule has 5 nitrogen and oxygen atoms in total. The van der Waals surface area contributed by atoms with E-state index in [1.54, 1.807) is 4.68 Å². The molecular weight excluding hydrogens is 144 g/mol. The van der Waals surface area contributed by atoms with Gasteiger partial charge in [0, 0.05) is 6.04 Å². The summed E-state index contributed by atoms with van der Waals surface area (Å²) in [6.07, 6.45) is 2.68. The SMILES string of the molecule is CC(C)n1ncnc1/C=N/O. The minimum Gasteiger partial charge on any atom is -0.411 e. The van der Waals surface area contributed by atoms with E-state index in [4.69, 9.17) is 5.21 Å². The molecule has 5 heteroatoms. The molecular formula is C6H10N4O. The first-order chi connectivity index (χ1) is 5.25. The lowest BCUT2D eigenvalue weighted by atomic mass is 10.4. The molecule has 0 radical (unpaired) electrons. The van der Waals surface area contributed by atoms with Crippen molar-refractivity contribution in [1.82, 2.24) is 14.8 Å². The molecule has 0 aliphatic rings. The van der Waals surface area contributed by atoms with E-state index in [-0.39, 0.29) is 6.04 Å². The van der Waals surface area contributed by atoms with Crippen molar-refractivity contribution in [2.45, 2.75) is 19.9 Å². The molecule has 1 heterocycles. The molecule has 0 amide bonds. The van der Waals surface area contributed by atoms with Crippen molar-refractivity contribution in [3.05, 3.63) is 12.2 Å². The predicted molar refractivity (Wildman–Crippen MR) is 39.8 cm³/mol. The molecule has 0 bridgehead atoms. The first-order valence-electron chi connectivity index (χ1n) is 3.32. The molecule has 0 saturated heterocycles. The minimum atomic E-state index is 0.227.